The van der Waals surface area contributed by atoms with E-state index in [0.29, 0.717) is 5.75 Å². The van der Waals surface area contributed by atoms with Crippen LogP contribution in [0.5, 0.6) is 5.75 Å². The van der Waals surface area contributed by atoms with Gasteiger partial charge in [0.05, 0.1) is 6.26 Å². The molecule has 0 amide bonds. The highest BCUT2D eigenvalue weighted by atomic mass is 16.5. The van der Waals surface area contributed by atoms with Gasteiger partial charge in [0.1, 0.15) is 5.75 Å². The first-order valence-electron chi connectivity index (χ1n) is 4.33. The molecule has 0 spiro atoms. The van der Waals surface area contributed by atoms with Crippen LogP contribution in [0, 0.1) is 0 Å². The van der Waals surface area contributed by atoms with Crippen LogP contribution < -0.4 is 4.74 Å². The zero-order valence-electron chi connectivity index (χ0n) is 7.77. The molecule has 0 heterocycles. The monoisotopic (exact) mass is 204 g/mol. The van der Waals surface area contributed by atoms with Crippen LogP contribution >= 0.6 is 0 Å². The minimum Gasteiger partial charge on any atom is -0.466 e. The Balaban J connectivity index is 2.51. The fourth-order valence-corrected chi connectivity index (χ4v) is 1.53. The third kappa shape index (κ3) is 1.35. The molecule has 0 fully saturated rings. The van der Waals surface area contributed by atoms with Gasteiger partial charge >= 0.3 is 0 Å². The molecule has 0 saturated carbocycles. The average Bonchev–Trinajstić information content (AvgIpc) is 2.45. The predicted octanol–water partition coefficient (Wildman–Crippen LogP) is 0.949. The molecule has 0 aliphatic heterocycles. The lowest BCUT2D eigenvalue weighted by atomic mass is 10.1. The van der Waals surface area contributed by atoms with E-state index in [-0.39, 0.29) is 11.1 Å². The summed E-state index contributed by atoms with van der Waals surface area (Å²) in [7, 11) is 0. The lowest BCUT2D eigenvalue weighted by molar-refractivity contribution is 0.0663. The van der Waals surface area contributed by atoms with Crippen molar-refractivity contribution in [1.29, 1.82) is 0 Å². The zero-order valence-corrected chi connectivity index (χ0v) is 7.77. The van der Waals surface area contributed by atoms with Crippen molar-refractivity contribution >= 4 is 11.6 Å². The first-order valence-corrected chi connectivity index (χ1v) is 4.33. The van der Waals surface area contributed by atoms with E-state index in [9.17, 15) is 14.7 Å². The van der Waals surface area contributed by atoms with E-state index < -0.39 is 17.7 Å². The van der Waals surface area contributed by atoms with Gasteiger partial charge in [0.15, 0.2) is 17.7 Å². The molecule has 1 unspecified atom stereocenters. The summed E-state index contributed by atoms with van der Waals surface area (Å²) in [4.78, 5) is 22.8. The molecular formula is C11H8O4. The Morgan fingerprint density at radius 2 is 1.93 bits per heavy atom. The summed E-state index contributed by atoms with van der Waals surface area (Å²) in [5.41, 5.74) is 0.441. The van der Waals surface area contributed by atoms with Crippen LogP contribution in [0.2, 0.25) is 0 Å². The Labute approximate surface area is 85.8 Å². The van der Waals surface area contributed by atoms with Gasteiger partial charge in [-0.1, -0.05) is 6.58 Å². The van der Waals surface area contributed by atoms with Crippen LogP contribution in [-0.2, 0) is 0 Å². The van der Waals surface area contributed by atoms with Crippen molar-refractivity contribution in [2.45, 2.75) is 6.10 Å². The number of Topliss-reactive ketones (excluding diaryl/α,β-unsaturated/α-hetero) is 2. The maximum absolute atomic E-state index is 11.4. The summed E-state index contributed by atoms with van der Waals surface area (Å²) in [5.74, 6) is -0.719. The number of ether oxygens (including phenoxy) is 1. The van der Waals surface area contributed by atoms with Gasteiger partial charge < -0.3 is 9.84 Å². The van der Waals surface area contributed by atoms with E-state index in [1.807, 2.05) is 0 Å². The minimum atomic E-state index is -1.56. The first-order chi connectivity index (χ1) is 7.15. The Morgan fingerprint density at radius 3 is 2.60 bits per heavy atom. The van der Waals surface area contributed by atoms with Gasteiger partial charge in [-0.05, 0) is 18.2 Å². The summed E-state index contributed by atoms with van der Waals surface area (Å²) in [5, 5.41) is 9.25. The van der Waals surface area contributed by atoms with Gasteiger partial charge in [0.25, 0.3) is 0 Å². The number of ketones is 2. The van der Waals surface area contributed by atoms with Crippen molar-refractivity contribution in [3.8, 4) is 5.75 Å². The van der Waals surface area contributed by atoms with E-state index in [2.05, 4.69) is 6.58 Å². The van der Waals surface area contributed by atoms with E-state index in [4.69, 9.17) is 4.74 Å². The fraction of sp³-hybridized carbons (Fsp3) is 0.0909. The SMILES string of the molecule is C=COc1ccc2c(c1)C(=O)C(O)C2=O. The van der Waals surface area contributed by atoms with Crippen molar-refractivity contribution in [1.82, 2.24) is 0 Å². The second-order valence-corrected chi connectivity index (χ2v) is 3.12. The molecular weight excluding hydrogens is 196 g/mol. The number of carbonyl (C=O) groups excluding carboxylic acids is 2. The first kappa shape index (κ1) is 9.61. The molecule has 2 rings (SSSR count). The molecule has 0 bridgehead atoms. The minimum absolute atomic E-state index is 0.201. The third-order valence-electron chi connectivity index (χ3n) is 2.24. The molecule has 1 aromatic rings. The summed E-state index contributed by atoms with van der Waals surface area (Å²) in [6.45, 7) is 3.37. The van der Waals surface area contributed by atoms with Crippen LogP contribution in [0.15, 0.2) is 31.0 Å². The number of rotatable bonds is 2. The number of hydrogen-bond acceptors (Lipinski definition) is 4. The van der Waals surface area contributed by atoms with Crippen LogP contribution in [0.25, 0.3) is 0 Å². The molecule has 4 nitrogen and oxygen atoms in total. The normalized spacial score (nSPS) is 18.9. The van der Waals surface area contributed by atoms with E-state index in [1.165, 1.54) is 18.4 Å². The van der Waals surface area contributed by atoms with Crippen molar-refractivity contribution in [2.24, 2.45) is 0 Å². The summed E-state index contributed by atoms with van der Waals surface area (Å²) < 4.78 is 4.97. The average molecular weight is 204 g/mol. The van der Waals surface area contributed by atoms with E-state index >= 15 is 0 Å². The van der Waals surface area contributed by atoms with Crippen molar-refractivity contribution in [3.63, 3.8) is 0 Å². The number of benzene rings is 1. The van der Waals surface area contributed by atoms with E-state index in [0.717, 1.165) is 0 Å². The maximum atomic E-state index is 11.4. The van der Waals surface area contributed by atoms with Crippen molar-refractivity contribution in [3.05, 3.63) is 42.2 Å². The molecule has 0 saturated heterocycles. The van der Waals surface area contributed by atoms with Gasteiger partial charge in [-0.25, -0.2) is 0 Å². The standard InChI is InChI=1S/C11H8O4/c1-2-15-6-3-4-7-8(5-6)10(13)11(14)9(7)12/h2-5,11,14H,1H2. The Hall–Kier alpha value is -1.94. The number of hydrogen-bond donors (Lipinski definition) is 1. The Kier molecular flexibility index (Phi) is 2.13. The predicted molar refractivity (Wildman–Crippen MR) is 51.9 cm³/mol. The number of fused-ring (bicyclic) bond motifs is 1. The summed E-state index contributed by atoms with van der Waals surface area (Å²) in [6, 6.07) is 4.43. The molecule has 0 aromatic heterocycles. The van der Waals surface area contributed by atoms with Crippen LogP contribution in [0.4, 0.5) is 0 Å². The van der Waals surface area contributed by atoms with Gasteiger partial charge in [0, 0.05) is 11.1 Å². The second-order valence-electron chi connectivity index (χ2n) is 3.12. The number of aliphatic hydroxyl groups is 1. The number of aliphatic hydroxyl groups excluding tert-OH is 1. The molecule has 1 aliphatic carbocycles. The molecule has 1 aliphatic rings. The largest absolute Gasteiger partial charge is 0.466 e. The van der Waals surface area contributed by atoms with Crippen molar-refractivity contribution in [2.75, 3.05) is 0 Å². The lowest BCUT2D eigenvalue weighted by Gasteiger charge is -2.00. The van der Waals surface area contributed by atoms with Gasteiger partial charge in [0.2, 0.25) is 0 Å². The summed E-state index contributed by atoms with van der Waals surface area (Å²) >= 11 is 0. The second kappa shape index (κ2) is 3.33. The maximum Gasteiger partial charge on any atom is 0.200 e. The van der Waals surface area contributed by atoms with Gasteiger partial charge in [-0.3, -0.25) is 9.59 Å². The van der Waals surface area contributed by atoms with Crippen LogP contribution in [0.3, 0.4) is 0 Å². The highest BCUT2D eigenvalue weighted by Gasteiger charge is 2.37. The Morgan fingerprint density at radius 1 is 1.27 bits per heavy atom. The molecule has 1 aromatic carbocycles. The fourth-order valence-electron chi connectivity index (χ4n) is 1.53. The molecule has 1 atom stereocenters. The van der Waals surface area contributed by atoms with E-state index in [1.54, 1.807) is 6.07 Å². The van der Waals surface area contributed by atoms with Crippen molar-refractivity contribution < 1.29 is 19.4 Å². The highest BCUT2D eigenvalue weighted by Crippen LogP contribution is 2.26. The topological polar surface area (TPSA) is 63.6 Å². The molecule has 0 radical (unpaired) electrons. The Bertz CT molecular complexity index is 462. The summed E-state index contributed by atoms with van der Waals surface area (Å²) in [6.07, 6.45) is -0.335. The lowest BCUT2D eigenvalue weighted by Crippen LogP contribution is -2.20. The molecule has 15 heavy (non-hydrogen) atoms. The highest BCUT2D eigenvalue weighted by molar-refractivity contribution is 6.28. The zero-order chi connectivity index (χ0) is 11.0. The quantitative estimate of drug-likeness (QED) is 0.575. The van der Waals surface area contributed by atoms with Gasteiger partial charge in [-0.15, -0.1) is 0 Å². The smallest absolute Gasteiger partial charge is 0.200 e. The molecule has 4 heteroatoms. The third-order valence-corrected chi connectivity index (χ3v) is 2.24. The molecule has 76 valence electrons. The van der Waals surface area contributed by atoms with Crippen LogP contribution in [-0.4, -0.2) is 22.8 Å². The van der Waals surface area contributed by atoms with Crippen LogP contribution in [0.1, 0.15) is 20.7 Å². The molecule has 1 N–H and O–H groups in total. The number of carbonyl (C=O) groups is 2. The van der Waals surface area contributed by atoms with Gasteiger partial charge in [-0.2, -0.15) is 0 Å².